The summed E-state index contributed by atoms with van der Waals surface area (Å²) < 4.78 is 40.6. The minimum atomic E-state index is -4.77. The number of aromatic nitrogens is 2. The summed E-state index contributed by atoms with van der Waals surface area (Å²) in [5, 5.41) is 14.6. The number of rotatable bonds is 4. The summed E-state index contributed by atoms with van der Waals surface area (Å²) in [4.78, 5) is 23.1. The van der Waals surface area contributed by atoms with Gasteiger partial charge < -0.3 is 10.4 Å². The second kappa shape index (κ2) is 6.75. The number of hydrogen-bond donors (Lipinski definition) is 2. The van der Waals surface area contributed by atoms with Crippen LogP contribution in [0.4, 0.5) is 18.9 Å². The second-order valence-corrected chi connectivity index (χ2v) is 5.80. The molecule has 1 aromatic heterocycles. The average molecular weight is 376 g/mol. The van der Waals surface area contributed by atoms with Gasteiger partial charge in [-0.25, -0.2) is 4.79 Å². The van der Waals surface area contributed by atoms with E-state index in [4.69, 9.17) is 16.7 Å². The van der Waals surface area contributed by atoms with Crippen LogP contribution in [0, 0.1) is 0 Å². The van der Waals surface area contributed by atoms with Crippen molar-refractivity contribution in [3.8, 4) is 0 Å². The summed E-state index contributed by atoms with van der Waals surface area (Å²) in [6, 6.07) is 2.92. The molecule has 2 rings (SSSR count). The number of hydrogen-bond acceptors (Lipinski definition) is 3. The Morgan fingerprint density at radius 3 is 2.40 bits per heavy atom. The molecule has 1 amide bonds. The van der Waals surface area contributed by atoms with Gasteiger partial charge in [0.05, 0.1) is 22.3 Å². The molecule has 0 bridgehead atoms. The van der Waals surface area contributed by atoms with E-state index in [1.165, 1.54) is 19.9 Å². The van der Waals surface area contributed by atoms with Crippen molar-refractivity contribution in [3.63, 3.8) is 0 Å². The fourth-order valence-corrected chi connectivity index (χ4v) is 2.43. The second-order valence-electron chi connectivity index (χ2n) is 5.40. The Hall–Kier alpha value is -2.55. The quantitative estimate of drug-likeness (QED) is 0.843. The molecule has 0 atom stereocenters. The monoisotopic (exact) mass is 375 g/mol. The van der Waals surface area contributed by atoms with Crippen LogP contribution in [0.3, 0.4) is 0 Å². The molecular formula is C15H13ClF3N3O3. The number of alkyl halides is 3. The lowest BCUT2D eigenvalue weighted by molar-refractivity contribution is -0.145. The minimum absolute atomic E-state index is 0.0606. The first-order chi connectivity index (χ1) is 11.5. The van der Waals surface area contributed by atoms with Gasteiger partial charge in [-0.3, -0.25) is 9.48 Å². The van der Waals surface area contributed by atoms with E-state index in [1.807, 2.05) is 0 Å². The topological polar surface area (TPSA) is 84.2 Å². The first-order valence-corrected chi connectivity index (χ1v) is 7.39. The fraction of sp³-hybridized carbons (Fsp3) is 0.267. The van der Waals surface area contributed by atoms with Crippen LogP contribution in [0.2, 0.25) is 5.02 Å². The number of benzene rings is 1. The first-order valence-electron chi connectivity index (χ1n) is 7.01. The van der Waals surface area contributed by atoms with Gasteiger partial charge in [-0.2, -0.15) is 18.3 Å². The number of halogens is 4. The van der Waals surface area contributed by atoms with E-state index < -0.39 is 35.4 Å². The molecular weight excluding hydrogens is 363 g/mol. The maximum Gasteiger partial charge on any atom is 0.433 e. The highest BCUT2D eigenvalue weighted by atomic mass is 35.5. The lowest BCUT2D eigenvalue weighted by atomic mass is 10.2. The van der Waals surface area contributed by atoms with Crippen LogP contribution in [0.15, 0.2) is 24.4 Å². The zero-order chi connectivity index (χ0) is 18.9. The van der Waals surface area contributed by atoms with E-state index in [0.717, 1.165) is 23.0 Å². The van der Waals surface area contributed by atoms with Gasteiger partial charge in [0.15, 0.2) is 5.69 Å². The van der Waals surface area contributed by atoms with Crippen molar-refractivity contribution in [2.75, 3.05) is 5.32 Å². The van der Waals surface area contributed by atoms with Crippen molar-refractivity contribution in [3.05, 3.63) is 46.2 Å². The molecule has 25 heavy (non-hydrogen) atoms. The number of carboxylic acid groups (broad SMARTS) is 1. The van der Waals surface area contributed by atoms with Gasteiger partial charge in [0.1, 0.15) is 0 Å². The van der Waals surface area contributed by atoms with Crippen molar-refractivity contribution in [2.24, 2.45) is 0 Å². The molecule has 0 spiro atoms. The normalized spacial score (nSPS) is 11.6. The third-order valence-electron chi connectivity index (χ3n) is 3.26. The zero-order valence-electron chi connectivity index (χ0n) is 13.1. The SMILES string of the molecule is CC(C)n1ncc(C(=O)Nc2ccc(C(=O)O)c(Cl)c2)c1C(F)(F)F. The predicted molar refractivity (Wildman–Crippen MR) is 84.0 cm³/mol. The summed E-state index contributed by atoms with van der Waals surface area (Å²) in [5.74, 6) is -2.29. The summed E-state index contributed by atoms with van der Waals surface area (Å²) >= 11 is 5.77. The Morgan fingerprint density at radius 1 is 1.28 bits per heavy atom. The lowest BCUT2D eigenvalue weighted by Crippen LogP contribution is -2.22. The molecule has 0 radical (unpaired) electrons. The van der Waals surface area contributed by atoms with Crippen molar-refractivity contribution in [1.29, 1.82) is 0 Å². The van der Waals surface area contributed by atoms with Crippen molar-refractivity contribution >= 4 is 29.2 Å². The van der Waals surface area contributed by atoms with Crippen molar-refractivity contribution in [1.82, 2.24) is 9.78 Å². The molecule has 2 aromatic rings. The first kappa shape index (κ1) is 18.8. The van der Waals surface area contributed by atoms with Crippen LogP contribution in [-0.4, -0.2) is 26.8 Å². The third kappa shape index (κ3) is 3.93. The molecule has 1 aromatic carbocycles. The highest BCUT2D eigenvalue weighted by Crippen LogP contribution is 2.34. The largest absolute Gasteiger partial charge is 0.478 e. The Bertz CT molecular complexity index is 831. The molecule has 0 fully saturated rings. The van der Waals surface area contributed by atoms with Gasteiger partial charge in [-0.15, -0.1) is 0 Å². The number of nitrogens with zero attached hydrogens (tertiary/aromatic N) is 2. The van der Waals surface area contributed by atoms with E-state index in [-0.39, 0.29) is 16.3 Å². The highest BCUT2D eigenvalue weighted by molar-refractivity contribution is 6.33. The maximum absolute atomic E-state index is 13.3. The molecule has 2 N–H and O–H groups in total. The minimum Gasteiger partial charge on any atom is -0.478 e. The Labute approximate surface area is 145 Å². The van der Waals surface area contributed by atoms with Crippen LogP contribution in [0.1, 0.15) is 46.3 Å². The molecule has 10 heteroatoms. The smallest absolute Gasteiger partial charge is 0.433 e. The summed E-state index contributed by atoms with van der Waals surface area (Å²) in [5.41, 5.74) is -1.93. The zero-order valence-corrected chi connectivity index (χ0v) is 13.8. The van der Waals surface area contributed by atoms with Crippen molar-refractivity contribution < 1.29 is 27.9 Å². The van der Waals surface area contributed by atoms with E-state index >= 15 is 0 Å². The van der Waals surface area contributed by atoms with Gasteiger partial charge in [-0.1, -0.05) is 11.6 Å². The number of anilines is 1. The van der Waals surface area contributed by atoms with Crippen LogP contribution in [0.5, 0.6) is 0 Å². The molecule has 0 saturated heterocycles. The Morgan fingerprint density at radius 2 is 1.92 bits per heavy atom. The third-order valence-corrected chi connectivity index (χ3v) is 3.57. The molecule has 1 heterocycles. The maximum atomic E-state index is 13.3. The van der Waals surface area contributed by atoms with Crippen molar-refractivity contribution in [2.45, 2.75) is 26.1 Å². The molecule has 0 unspecified atom stereocenters. The molecule has 0 aliphatic carbocycles. The van der Waals surface area contributed by atoms with Gasteiger partial charge in [0.2, 0.25) is 0 Å². The van der Waals surface area contributed by atoms with Crippen LogP contribution in [-0.2, 0) is 6.18 Å². The number of aromatic carboxylic acids is 1. The molecule has 0 aliphatic heterocycles. The number of carbonyl (C=O) groups is 2. The van der Waals surface area contributed by atoms with Gasteiger partial charge in [-0.05, 0) is 32.0 Å². The number of nitrogens with one attached hydrogen (secondary N) is 1. The fourth-order valence-electron chi connectivity index (χ4n) is 2.17. The Balaban J connectivity index is 2.36. The number of carboxylic acids is 1. The molecule has 6 nitrogen and oxygen atoms in total. The van der Waals surface area contributed by atoms with Gasteiger partial charge in [0, 0.05) is 11.7 Å². The highest BCUT2D eigenvalue weighted by Gasteiger charge is 2.40. The molecule has 0 aliphatic rings. The van der Waals surface area contributed by atoms with Gasteiger partial charge in [0.25, 0.3) is 5.91 Å². The van der Waals surface area contributed by atoms with Gasteiger partial charge >= 0.3 is 12.1 Å². The number of carbonyl (C=O) groups excluding carboxylic acids is 1. The average Bonchev–Trinajstić information content (AvgIpc) is 2.92. The number of amides is 1. The van der Waals surface area contributed by atoms with E-state index in [1.54, 1.807) is 0 Å². The summed E-state index contributed by atoms with van der Waals surface area (Å²) in [6.45, 7) is 3.02. The summed E-state index contributed by atoms with van der Waals surface area (Å²) in [6.07, 6.45) is -3.93. The van der Waals surface area contributed by atoms with E-state index in [9.17, 15) is 22.8 Å². The van der Waals surface area contributed by atoms with Crippen LogP contribution in [0.25, 0.3) is 0 Å². The van der Waals surface area contributed by atoms with Crippen LogP contribution >= 0.6 is 11.6 Å². The standard InChI is InChI=1S/C15H13ClF3N3O3/c1-7(2)22-12(15(17,18)19)10(6-20-22)13(23)21-8-3-4-9(14(24)25)11(16)5-8/h3-7H,1-2H3,(H,21,23)(H,24,25). The van der Waals surface area contributed by atoms with E-state index in [2.05, 4.69) is 10.4 Å². The molecule has 134 valence electrons. The van der Waals surface area contributed by atoms with E-state index in [0.29, 0.717) is 0 Å². The van der Waals surface area contributed by atoms with Crippen LogP contribution < -0.4 is 5.32 Å². The lowest BCUT2D eigenvalue weighted by Gasteiger charge is -2.15. The summed E-state index contributed by atoms with van der Waals surface area (Å²) in [7, 11) is 0. The predicted octanol–water partition coefficient (Wildman–Crippen LogP) is 4.09. The Kier molecular flexibility index (Phi) is 5.07. The molecule has 0 saturated carbocycles.